The molecule has 0 aliphatic heterocycles. The number of hydrogen-bond donors (Lipinski definition) is 2. The molecule has 0 aliphatic rings. The average molecular weight is 392 g/mol. The van der Waals surface area contributed by atoms with Gasteiger partial charge in [0.15, 0.2) is 6.10 Å². The van der Waals surface area contributed by atoms with Gasteiger partial charge < -0.3 is 19.8 Å². The van der Waals surface area contributed by atoms with Gasteiger partial charge in [0.25, 0.3) is 11.8 Å². The number of carbonyl (C=O) groups excluding carboxylic acids is 2. The van der Waals surface area contributed by atoms with Crippen molar-refractivity contribution >= 4 is 17.5 Å². The van der Waals surface area contributed by atoms with Crippen molar-refractivity contribution in [2.45, 2.75) is 33.4 Å². The van der Waals surface area contributed by atoms with Crippen molar-refractivity contribution in [3.63, 3.8) is 0 Å². The highest BCUT2D eigenvalue weighted by Gasteiger charge is 2.19. The highest BCUT2D eigenvalue weighted by Crippen LogP contribution is 2.24. The molecule has 2 amide bonds. The third-order valence-electron chi connectivity index (χ3n) is 4.51. The summed E-state index contributed by atoms with van der Waals surface area (Å²) < 4.78 is 11.1. The Balaban J connectivity index is 1.68. The summed E-state index contributed by atoms with van der Waals surface area (Å²) in [6.07, 6.45) is 0.821. The maximum absolute atomic E-state index is 12.7. The fraction of sp³-hybridized carbons (Fsp3) is 0.217. The van der Waals surface area contributed by atoms with Crippen LogP contribution in [-0.4, -0.2) is 17.9 Å². The predicted octanol–water partition coefficient (Wildman–Crippen LogP) is 4.23. The summed E-state index contributed by atoms with van der Waals surface area (Å²) in [5.74, 6) is 0.703. The molecule has 150 valence electrons. The largest absolute Gasteiger partial charge is 0.480 e. The molecule has 0 bridgehead atoms. The van der Waals surface area contributed by atoms with Gasteiger partial charge in [-0.15, -0.1) is 0 Å². The van der Waals surface area contributed by atoms with E-state index in [1.807, 2.05) is 32.0 Å². The van der Waals surface area contributed by atoms with Crippen molar-refractivity contribution in [3.05, 3.63) is 83.3 Å². The molecule has 2 aromatic carbocycles. The number of amides is 2. The Labute approximate surface area is 169 Å². The standard InChI is InChI=1S/C23H24N2O4/c1-15-8-6-9-16(2)21(15)29-17(3)22(26)25-20-12-5-4-11-19(20)23(27)24-14-18-10-7-13-28-18/h4-13,17H,14H2,1-3H3,(H,24,27)(H,25,26). The molecule has 29 heavy (non-hydrogen) atoms. The number of hydrogen-bond acceptors (Lipinski definition) is 4. The van der Waals surface area contributed by atoms with E-state index in [-0.39, 0.29) is 18.4 Å². The molecular formula is C23H24N2O4. The minimum atomic E-state index is -0.728. The number of carbonyl (C=O) groups is 2. The van der Waals surface area contributed by atoms with E-state index >= 15 is 0 Å². The second kappa shape index (κ2) is 9.10. The third-order valence-corrected chi connectivity index (χ3v) is 4.51. The van der Waals surface area contributed by atoms with E-state index in [2.05, 4.69) is 10.6 Å². The maximum atomic E-state index is 12.7. The Bertz CT molecular complexity index is 976. The zero-order chi connectivity index (χ0) is 20.8. The van der Waals surface area contributed by atoms with Crippen LogP contribution in [0.3, 0.4) is 0 Å². The maximum Gasteiger partial charge on any atom is 0.265 e. The number of furan rings is 1. The van der Waals surface area contributed by atoms with Crippen molar-refractivity contribution in [2.75, 3.05) is 5.32 Å². The van der Waals surface area contributed by atoms with Gasteiger partial charge in [0.05, 0.1) is 24.1 Å². The first-order chi connectivity index (χ1) is 14.0. The van der Waals surface area contributed by atoms with Crippen LogP contribution >= 0.6 is 0 Å². The van der Waals surface area contributed by atoms with E-state index in [4.69, 9.17) is 9.15 Å². The van der Waals surface area contributed by atoms with Crippen LogP contribution in [0.5, 0.6) is 5.75 Å². The summed E-state index contributed by atoms with van der Waals surface area (Å²) >= 11 is 0. The molecule has 6 heteroatoms. The van der Waals surface area contributed by atoms with Crippen molar-refractivity contribution in [1.82, 2.24) is 5.32 Å². The molecule has 1 aromatic heterocycles. The van der Waals surface area contributed by atoms with Crippen LogP contribution in [0, 0.1) is 13.8 Å². The van der Waals surface area contributed by atoms with Crippen LogP contribution in [0.1, 0.15) is 34.2 Å². The smallest absolute Gasteiger partial charge is 0.265 e. The monoisotopic (exact) mass is 392 g/mol. The molecule has 2 N–H and O–H groups in total. The molecule has 0 saturated carbocycles. The number of benzene rings is 2. The first-order valence-corrected chi connectivity index (χ1v) is 9.39. The Hall–Kier alpha value is -3.54. The molecule has 0 saturated heterocycles. The molecule has 0 spiro atoms. The Kier molecular flexibility index (Phi) is 6.34. The second-order valence-corrected chi connectivity index (χ2v) is 6.78. The number of ether oxygens (including phenoxy) is 1. The van der Waals surface area contributed by atoms with Gasteiger partial charge >= 0.3 is 0 Å². The van der Waals surface area contributed by atoms with Crippen LogP contribution in [0.15, 0.2) is 65.3 Å². The Morgan fingerprint density at radius 1 is 1.00 bits per heavy atom. The van der Waals surface area contributed by atoms with Gasteiger partial charge in [-0.2, -0.15) is 0 Å². The van der Waals surface area contributed by atoms with Crippen LogP contribution in [0.4, 0.5) is 5.69 Å². The summed E-state index contributed by atoms with van der Waals surface area (Å²) in [4.78, 5) is 25.2. The molecule has 3 aromatic rings. The fourth-order valence-electron chi connectivity index (χ4n) is 2.92. The van der Waals surface area contributed by atoms with E-state index in [1.165, 1.54) is 0 Å². The summed E-state index contributed by atoms with van der Waals surface area (Å²) in [7, 11) is 0. The summed E-state index contributed by atoms with van der Waals surface area (Å²) in [5, 5.41) is 5.58. The number of rotatable bonds is 7. The molecule has 0 aliphatic carbocycles. The number of nitrogens with one attached hydrogen (secondary N) is 2. The highest BCUT2D eigenvalue weighted by molar-refractivity contribution is 6.04. The predicted molar refractivity (Wildman–Crippen MR) is 111 cm³/mol. The topological polar surface area (TPSA) is 80.6 Å². The number of aryl methyl sites for hydroxylation is 2. The average Bonchev–Trinajstić information content (AvgIpc) is 3.23. The van der Waals surface area contributed by atoms with E-state index < -0.39 is 6.10 Å². The van der Waals surface area contributed by atoms with Crippen molar-refractivity contribution in [2.24, 2.45) is 0 Å². The third kappa shape index (κ3) is 5.04. The molecule has 3 rings (SSSR count). The number of anilines is 1. The van der Waals surface area contributed by atoms with Crippen molar-refractivity contribution in [3.8, 4) is 5.75 Å². The molecule has 0 fully saturated rings. The van der Waals surface area contributed by atoms with E-state index in [0.717, 1.165) is 11.1 Å². The quantitative estimate of drug-likeness (QED) is 0.630. The lowest BCUT2D eigenvalue weighted by molar-refractivity contribution is -0.122. The lowest BCUT2D eigenvalue weighted by atomic mass is 10.1. The zero-order valence-corrected chi connectivity index (χ0v) is 16.7. The minimum Gasteiger partial charge on any atom is -0.480 e. The molecule has 0 radical (unpaired) electrons. The van der Waals surface area contributed by atoms with Gasteiger partial charge in [-0.3, -0.25) is 9.59 Å². The van der Waals surface area contributed by atoms with Crippen molar-refractivity contribution < 1.29 is 18.7 Å². The summed E-state index contributed by atoms with van der Waals surface area (Å²) in [5.41, 5.74) is 2.71. The van der Waals surface area contributed by atoms with E-state index in [1.54, 1.807) is 49.6 Å². The number of para-hydroxylation sites is 2. The van der Waals surface area contributed by atoms with Crippen LogP contribution in [0.25, 0.3) is 0 Å². The van der Waals surface area contributed by atoms with Crippen LogP contribution < -0.4 is 15.4 Å². The summed E-state index contributed by atoms with van der Waals surface area (Å²) in [6.45, 7) is 5.82. The minimum absolute atomic E-state index is 0.264. The van der Waals surface area contributed by atoms with Gasteiger partial charge in [-0.1, -0.05) is 30.3 Å². The molecule has 1 atom stereocenters. The first-order valence-electron chi connectivity index (χ1n) is 9.39. The molecular weight excluding hydrogens is 368 g/mol. The lowest BCUT2D eigenvalue weighted by Crippen LogP contribution is -2.32. The zero-order valence-electron chi connectivity index (χ0n) is 16.7. The Morgan fingerprint density at radius 2 is 1.72 bits per heavy atom. The normalized spacial score (nSPS) is 11.6. The Morgan fingerprint density at radius 3 is 2.41 bits per heavy atom. The second-order valence-electron chi connectivity index (χ2n) is 6.78. The molecule has 6 nitrogen and oxygen atoms in total. The van der Waals surface area contributed by atoms with Gasteiger partial charge in [0, 0.05) is 0 Å². The molecule has 1 unspecified atom stereocenters. The van der Waals surface area contributed by atoms with Gasteiger partial charge in [0.2, 0.25) is 0 Å². The van der Waals surface area contributed by atoms with Crippen molar-refractivity contribution in [1.29, 1.82) is 0 Å². The fourth-order valence-corrected chi connectivity index (χ4v) is 2.92. The highest BCUT2D eigenvalue weighted by atomic mass is 16.5. The van der Waals surface area contributed by atoms with Crippen LogP contribution in [-0.2, 0) is 11.3 Å². The molecule has 1 heterocycles. The van der Waals surface area contributed by atoms with Gasteiger partial charge in [-0.05, 0) is 56.2 Å². The van der Waals surface area contributed by atoms with E-state index in [9.17, 15) is 9.59 Å². The van der Waals surface area contributed by atoms with E-state index in [0.29, 0.717) is 22.8 Å². The van der Waals surface area contributed by atoms with Crippen LogP contribution in [0.2, 0.25) is 0 Å². The SMILES string of the molecule is Cc1cccc(C)c1OC(C)C(=O)Nc1ccccc1C(=O)NCc1ccco1. The lowest BCUT2D eigenvalue weighted by Gasteiger charge is -2.19. The van der Waals surface area contributed by atoms with Gasteiger partial charge in [-0.25, -0.2) is 0 Å². The first kappa shape index (κ1) is 20.2. The van der Waals surface area contributed by atoms with Gasteiger partial charge in [0.1, 0.15) is 11.5 Å². The summed E-state index contributed by atoms with van der Waals surface area (Å²) in [6, 6.07) is 16.2.